The molecule has 0 aliphatic carbocycles. The molecule has 8 nitrogen and oxygen atoms in total. The molecule has 0 bridgehead atoms. The van der Waals surface area contributed by atoms with E-state index in [1.807, 2.05) is 66.6 Å². The molecule has 8 heteroatoms. The summed E-state index contributed by atoms with van der Waals surface area (Å²) < 4.78 is 9.63. The zero-order valence-electron chi connectivity index (χ0n) is 17.8. The van der Waals surface area contributed by atoms with E-state index in [1.54, 1.807) is 47.7 Å². The van der Waals surface area contributed by atoms with Gasteiger partial charge in [0.1, 0.15) is 11.5 Å². The van der Waals surface area contributed by atoms with Crippen LogP contribution in [0.3, 0.4) is 0 Å². The Bertz CT molecular complexity index is 1410. The second-order valence-corrected chi connectivity index (χ2v) is 7.39. The minimum absolute atomic E-state index is 0.253. The molecule has 5 rings (SSSR count). The summed E-state index contributed by atoms with van der Waals surface area (Å²) in [5.41, 5.74) is 3.56. The van der Waals surface area contributed by atoms with E-state index >= 15 is 0 Å². The number of ether oxygens (including phenoxy) is 1. The predicted octanol–water partition coefficient (Wildman–Crippen LogP) is 4.71. The van der Waals surface area contributed by atoms with Gasteiger partial charge in [0.05, 0.1) is 29.3 Å². The zero-order chi connectivity index (χ0) is 22.6. The standard InChI is InChI=1S/C25H20N6O2/c1-30-17-19(15-28-30)24-13-23(7-8-27-24)33-22-6-4-5-20(12-22)29-25(32)18-11-21(16-26-14-18)31-9-2-3-10-31/h2-17H,1H3,(H,29,32). The molecule has 0 saturated carbocycles. The molecular weight excluding hydrogens is 416 g/mol. The van der Waals surface area contributed by atoms with E-state index in [2.05, 4.69) is 20.4 Å². The first-order chi connectivity index (χ1) is 16.1. The summed E-state index contributed by atoms with van der Waals surface area (Å²) in [6, 6.07) is 16.5. The van der Waals surface area contributed by atoms with Crippen LogP contribution >= 0.6 is 0 Å². The van der Waals surface area contributed by atoms with Crippen molar-refractivity contribution in [1.82, 2.24) is 24.3 Å². The maximum Gasteiger partial charge on any atom is 0.257 e. The number of nitrogens with one attached hydrogen (secondary N) is 1. The van der Waals surface area contributed by atoms with Crippen molar-refractivity contribution in [1.29, 1.82) is 0 Å². The van der Waals surface area contributed by atoms with E-state index in [1.165, 1.54) is 0 Å². The van der Waals surface area contributed by atoms with Crippen molar-refractivity contribution in [3.63, 3.8) is 0 Å². The fraction of sp³-hybridized carbons (Fsp3) is 0.0400. The molecule has 1 aromatic carbocycles. The average Bonchev–Trinajstić information content (AvgIpc) is 3.52. The number of aromatic nitrogens is 5. The quantitative estimate of drug-likeness (QED) is 0.416. The minimum Gasteiger partial charge on any atom is -0.457 e. The summed E-state index contributed by atoms with van der Waals surface area (Å²) >= 11 is 0. The van der Waals surface area contributed by atoms with Crippen LogP contribution in [-0.2, 0) is 7.05 Å². The Morgan fingerprint density at radius 2 is 1.82 bits per heavy atom. The molecule has 0 unspecified atom stereocenters. The first kappa shape index (κ1) is 20.2. The van der Waals surface area contributed by atoms with Gasteiger partial charge in [-0.25, -0.2) is 0 Å². The Balaban J connectivity index is 1.31. The van der Waals surface area contributed by atoms with E-state index in [0.29, 0.717) is 22.7 Å². The first-order valence-electron chi connectivity index (χ1n) is 10.3. The van der Waals surface area contributed by atoms with Gasteiger partial charge in [0.15, 0.2) is 0 Å². The van der Waals surface area contributed by atoms with Gasteiger partial charge in [-0.3, -0.25) is 19.4 Å². The third kappa shape index (κ3) is 4.64. The molecule has 5 aromatic rings. The Morgan fingerprint density at radius 3 is 2.64 bits per heavy atom. The van der Waals surface area contributed by atoms with E-state index in [-0.39, 0.29) is 5.91 Å². The fourth-order valence-corrected chi connectivity index (χ4v) is 3.36. The Hall–Kier alpha value is -4.72. The number of anilines is 1. The zero-order valence-corrected chi connectivity index (χ0v) is 17.8. The highest BCUT2D eigenvalue weighted by Crippen LogP contribution is 2.27. The monoisotopic (exact) mass is 436 g/mol. The van der Waals surface area contributed by atoms with Crippen molar-refractivity contribution in [2.75, 3.05) is 5.32 Å². The van der Waals surface area contributed by atoms with Crippen LogP contribution in [0.1, 0.15) is 10.4 Å². The van der Waals surface area contributed by atoms with Crippen LogP contribution in [-0.4, -0.2) is 30.2 Å². The Labute approximate surface area is 190 Å². The number of benzene rings is 1. The SMILES string of the molecule is Cn1cc(-c2cc(Oc3cccc(NC(=O)c4cncc(-n5cccc5)c4)c3)ccn2)cn1. The molecular formula is C25H20N6O2. The van der Waals surface area contributed by atoms with Crippen LogP contribution in [0.4, 0.5) is 5.69 Å². The molecule has 1 amide bonds. The number of hydrogen-bond acceptors (Lipinski definition) is 5. The van der Waals surface area contributed by atoms with E-state index in [9.17, 15) is 4.79 Å². The van der Waals surface area contributed by atoms with Crippen LogP contribution < -0.4 is 10.1 Å². The van der Waals surface area contributed by atoms with Gasteiger partial charge in [0, 0.05) is 61.4 Å². The summed E-state index contributed by atoms with van der Waals surface area (Å²) in [6.07, 6.45) is 12.4. The van der Waals surface area contributed by atoms with Gasteiger partial charge in [0.25, 0.3) is 5.91 Å². The van der Waals surface area contributed by atoms with Gasteiger partial charge in [-0.05, 0) is 36.4 Å². The molecule has 0 radical (unpaired) electrons. The number of amides is 1. The number of nitrogens with zero attached hydrogens (tertiary/aromatic N) is 5. The number of aryl methyl sites for hydroxylation is 1. The van der Waals surface area contributed by atoms with Gasteiger partial charge < -0.3 is 14.6 Å². The van der Waals surface area contributed by atoms with Crippen LogP contribution in [0.5, 0.6) is 11.5 Å². The van der Waals surface area contributed by atoms with Crippen molar-refractivity contribution in [2.24, 2.45) is 7.05 Å². The van der Waals surface area contributed by atoms with Crippen LogP contribution in [0.25, 0.3) is 16.9 Å². The van der Waals surface area contributed by atoms with Crippen molar-refractivity contribution < 1.29 is 9.53 Å². The third-order valence-electron chi connectivity index (χ3n) is 4.95. The molecule has 0 aliphatic heterocycles. The highest BCUT2D eigenvalue weighted by molar-refractivity contribution is 6.04. The van der Waals surface area contributed by atoms with Crippen molar-refractivity contribution in [3.8, 4) is 28.4 Å². The summed E-state index contributed by atoms with van der Waals surface area (Å²) in [6.45, 7) is 0. The van der Waals surface area contributed by atoms with E-state index < -0.39 is 0 Å². The number of carbonyl (C=O) groups is 1. The molecule has 0 spiro atoms. The molecule has 0 fully saturated rings. The number of hydrogen-bond donors (Lipinski definition) is 1. The molecule has 0 atom stereocenters. The molecule has 4 heterocycles. The molecule has 0 saturated heterocycles. The summed E-state index contributed by atoms with van der Waals surface area (Å²) in [7, 11) is 1.86. The van der Waals surface area contributed by atoms with Crippen LogP contribution in [0.2, 0.25) is 0 Å². The van der Waals surface area contributed by atoms with Gasteiger partial charge in [0.2, 0.25) is 0 Å². The second-order valence-electron chi connectivity index (χ2n) is 7.39. The van der Waals surface area contributed by atoms with Crippen LogP contribution in [0, 0.1) is 0 Å². The fourth-order valence-electron chi connectivity index (χ4n) is 3.36. The largest absolute Gasteiger partial charge is 0.457 e. The predicted molar refractivity (Wildman–Crippen MR) is 124 cm³/mol. The Morgan fingerprint density at radius 1 is 0.970 bits per heavy atom. The van der Waals surface area contributed by atoms with Gasteiger partial charge in [-0.1, -0.05) is 6.07 Å². The first-order valence-corrected chi connectivity index (χ1v) is 10.3. The average molecular weight is 436 g/mol. The number of carbonyl (C=O) groups excluding carboxylic acids is 1. The highest BCUT2D eigenvalue weighted by Gasteiger charge is 2.10. The lowest BCUT2D eigenvalue weighted by Crippen LogP contribution is -2.12. The molecule has 162 valence electrons. The van der Waals surface area contributed by atoms with Crippen molar-refractivity contribution in [2.45, 2.75) is 0 Å². The molecule has 4 aromatic heterocycles. The molecule has 33 heavy (non-hydrogen) atoms. The highest BCUT2D eigenvalue weighted by atomic mass is 16.5. The molecule has 1 N–H and O–H groups in total. The van der Waals surface area contributed by atoms with Gasteiger partial charge in [-0.15, -0.1) is 0 Å². The molecule has 0 aliphatic rings. The maximum absolute atomic E-state index is 12.8. The lowest BCUT2D eigenvalue weighted by atomic mass is 10.2. The Kier molecular flexibility index (Phi) is 5.38. The van der Waals surface area contributed by atoms with E-state index in [0.717, 1.165) is 16.9 Å². The second kappa shape index (κ2) is 8.80. The van der Waals surface area contributed by atoms with Gasteiger partial charge in [-0.2, -0.15) is 5.10 Å². The summed E-state index contributed by atoms with van der Waals surface area (Å²) in [5.74, 6) is 0.975. The summed E-state index contributed by atoms with van der Waals surface area (Å²) in [5, 5.41) is 7.09. The normalized spacial score (nSPS) is 10.7. The number of rotatable bonds is 6. The van der Waals surface area contributed by atoms with Crippen molar-refractivity contribution in [3.05, 3.63) is 104 Å². The van der Waals surface area contributed by atoms with Crippen LogP contribution in [0.15, 0.2) is 98.0 Å². The topological polar surface area (TPSA) is 86.9 Å². The smallest absolute Gasteiger partial charge is 0.257 e. The maximum atomic E-state index is 12.8. The van der Waals surface area contributed by atoms with Crippen molar-refractivity contribution >= 4 is 11.6 Å². The lowest BCUT2D eigenvalue weighted by molar-refractivity contribution is 0.102. The summed E-state index contributed by atoms with van der Waals surface area (Å²) in [4.78, 5) is 21.4. The minimum atomic E-state index is -0.253. The number of pyridine rings is 2. The van der Waals surface area contributed by atoms with Gasteiger partial charge >= 0.3 is 0 Å². The lowest BCUT2D eigenvalue weighted by Gasteiger charge is -2.10. The third-order valence-corrected chi connectivity index (χ3v) is 4.95. The van der Waals surface area contributed by atoms with E-state index in [4.69, 9.17) is 4.74 Å².